The Kier molecular flexibility index (Phi) is 2.27. The van der Waals surface area contributed by atoms with Crippen LogP contribution >= 0.6 is 11.6 Å². The van der Waals surface area contributed by atoms with E-state index in [0.717, 1.165) is 16.6 Å². The molecule has 84 valence electrons. The first kappa shape index (κ1) is 10.2. The summed E-state index contributed by atoms with van der Waals surface area (Å²) in [4.78, 5) is 0. The second kappa shape index (κ2) is 3.79. The third kappa shape index (κ3) is 1.56. The Bertz CT molecular complexity index is 688. The van der Waals surface area contributed by atoms with E-state index in [1.54, 1.807) is 10.7 Å². The summed E-state index contributed by atoms with van der Waals surface area (Å²) < 4.78 is 1.80. The van der Waals surface area contributed by atoms with E-state index in [0.29, 0.717) is 10.7 Å². The lowest BCUT2D eigenvalue weighted by atomic mass is 10.2. The number of hydrogen-bond donors (Lipinski definition) is 1. The van der Waals surface area contributed by atoms with Gasteiger partial charge in [-0.2, -0.15) is 5.10 Å². The number of benzene rings is 2. The molecule has 3 aromatic rings. The Morgan fingerprint density at radius 3 is 2.76 bits per heavy atom. The highest BCUT2D eigenvalue weighted by atomic mass is 35.5. The number of nitrogens with zero attached hydrogens (tertiary/aromatic N) is 2. The molecule has 1 heterocycles. The van der Waals surface area contributed by atoms with Gasteiger partial charge in [-0.3, -0.25) is 0 Å². The lowest BCUT2D eigenvalue weighted by Crippen LogP contribution is -2.01. The molecule has 0 aliphatic heterocycles. The number of rotatable bonds is 1. The van der Waals surface area contributed by atoms with Crippen LogP contribution in [0.2, 0.25) is 5.02 Å². The zero-order valence-corrected chi connectivity index (χ0v) is 9.72. The molecule has 4 heteroatoms. The van der Waals surface area contributed by atoms with Crippen LogP contribution in [-0.2, 0) is 0 Å². The van der Waals surface area contributed by atoms with Crippen molar-refractivity contribution in [1.29, 1.82) is 0 Å². The van der Waals surface area contributed by atoms with Crippen LogP contribution in [0.4, 0.5) is 5.69 Å². The molecular weight excluding hydrogens is 234 g/mol. The summed E-state index contributed by atoms with van der Waals surface area (Å²) in [7, 11) is 0. The minimum Gasteiger partial charge on any atom is -0.396 e. The Balaban J connectivity index is 2.31. The maximum absolute atomic E-state index is 6.02. The number of anilines is 1. The van der Waals surface area contributed by atoms with Crippen molar-refractivity contribution < 1.29 is 0 Å². The Hall–Kier alpha value is -2.00. The zero-order chi connectivity index (χ0) is 11.8. The maximum Gasteiger partial charge on any atom is 0.0897 e. The van der Waals surface area contributed by atoms with E-state index >= 15 is 0 Å². The molecule has 0 saturated heterocycles. The molecule has 2 N–H and O–H groups in total. The van der Waals surface area contributed by atoms with Gasteiger partial charge in [0.15, 0.2) is 0 Å². The molecule has 0 amide bonds. The number of aromatic nitrogens is 2. The van der Waals surface area contributed by atoms with Crippen molar-refractivity contribution in [2.75, 3.05) is 5.73 Å². The molecule has 0 bridgehead atoms. The van der Waals surface area contributed by atoms with Gasteiger partial charge < -0.3 is 5.73 Å². The smallest absolute Gasteiger partial charge is 0.0897 e. The number of para-hydroxylation sites is 2. The third-order valence-corrected chi connectivity index (χ3v) is 3.06. The fourth-order valence-corrected chi connectivity index (χ4v) is 2.04. The number of nitrogens with two attached hydrogens (primary N) is 1. The molecule has 0 aliphatic rings. The SMILES string of the molecule is Nc1c(Cl)cccc1-n1ncc2ccccc21. The van der Waals surface area contributed by atoms with Crippen molar-refractivity contribution in [3.63, 3.8) is 0 Å². The molecule has 0 radical (unpaired) electrons. The average Bonchev–Trinajstić information content (AvgIpc) is 2.77. The number of halogens is 1. The van der Waals surface area contributed by atoms with Crippen molar-refractivity contribution in [2.45, 2.75) is 0 Å². The molecule has 0 fully saturated rings. The average molecular weight is 244 g/mol. The van der Waals surface area contributed by atoms with Crippen LogP contribution in [0.3, 0.4) is 0 Å². The van der Waals surface area contributed by atoms with Gasteiger partial charge in [0.05, 0.1) is 28.1 Å². The van der Waals surface area contributed by atoms with E-state index in [-0.39, 0.29) is 0 Å². The highest BCUT2D eigenvalue weighted by molar-refractivity contribution is 6.33. The normalized spacial score (nSPS) is 10.9. The van der Waals surface area contributed by atoms with Crippen LogP contribution in [0.25, 0.3) is 16.6 Å². The fraction of sp³-hybridized carbons (Fsp3) is 0. The van der Waals surface area contributed by atoms with Crippen molar-refractivity contribution in [3.05, 3.63) is 53.7 Å². The summed E-state index contributed by atoms with van der Waals surface area (Å²) in [5, 5.41) is 5.96. The quantitative estimate of drug-likeness (QED) is 0.667. The van der Waals surface area contributed by atoms with E-state index in [1.807, 2.05) is 42.6 Å². The summed E-state index contributed by atoms with van der Waals surface area (Å²) in [6, 6.07) is 13.5. The Morgan fingerprint density at radius 1 is 1.06 bits per heavy atom. The van der Waals surface area contributed by atoms with Crippen LogP contribution < -0.4 is 5.73 Å². The Labute approximate surface area is 103 Å². The molecule has 3 nitrogen and oxygen atoms in total. The van der Waals surface area contributed by atoms with Crippen molar-refractivity contribution >= 4 is 28.2 Å². The summed E-state index contributed by atoms with van der Waals surface area (Å²) in [6.45, 7) is 0. The molecule has 0 atom stereocenters. The van der Waals surface area contributed by atoms with Gasteiger partial charge in [-0.25, -0.2) is 4.68 Å². The first-order chi connectivity index (χ1) is 8.27. The van der Waals surface area contributed by atoms with Crippen LogP contribution in [0.1, 0.15) is 0 Å². The lowest BCUT2D eigenvalue weighted by Gasteiger charge is -2.08. The minimum atomic E-state index is 0.544. The van der Waals surface area contributed by atoms with E-state index in [1.165, 1.54) is 0 Å². The predicted molar refractivity (Wildman–Crippen MR) is 70.5 cm³/mol. The van der Waals surface area contributed by atoms with Gasteiger partial charge in [-0.05, 0) is 18.2 Å². The third-order valence-electron chi connectivity index (χ3n) is 2.74. The lowest BCUT2D eigenvalue weighted by molar-refractivity contribution is 0.913. The summed E-state index contributed by atoms with van der Waals surface area (Å²) in [5.74, 6) is 0. The van der Waals surface area contributed by atoms with E-state index in [4.69, 9.17) is 17.3 Å². The van der Waals surface area contributed by atoms with Crippen molar-refractivity contribution in [3.8, 4) is 5.69 Å². The summed E-state index contributed by atoms with van der Waals surface area (Å²) in [6.07, 6.45) is 1.82. The number of fused-ring (bicyclic) bond motifs is 1. The second-order valence-electron chi connectivity index (χ2n) is 3.79. The van der Waals surface area contributed by atoms with E-state index in [9.17, 15) is 0 Å². The van der Waals surface area contributed by atoms with Gasteiger partial charge in [0.2, 0.25) is 0 Å². The van der Waals surface area contributed by atoms with Gasteiger partial charge in [-0.15, -0.1) is 0 Å². The molecule has 0 spiro atoms. The van der Waals surface area contributed by atoms with Gasteiger partial charge >= 0.3 is 0 Å². The highest BCUT2D eigenvalue weighted by Gasteiger charge is 2.08. The summed E-state index contributed by atoms with van der Waals surface area (Å²) >= 11 is 6.02. The van der Waals surface area contributed by atoms with Gasteiger partial charge in [-0.1, -0.05) is 35.9 Å². The monoisotopic (exact) mass is 243 g/mol. The van der Waals surface area contributed by atoms with Crippen LogP contribution in [0.15, 0.2) is 48.7 Å². The van der Waals surface area contributed by atoms with Gasteiger partial charge in [0, 0.05) is 5.39 Å². The largest absolute Gasteiger partial charge is 0.396 e. The number of hydrogen-bond acceptors (Lipinski definition) is 2. The highest BCUT2D eigenvalue weighted by Crippen LogP contribution is 2.27. The molecule has 3 rings (SSSR count). The number of nitrogen functional groups attached to an aromatic ring is 1. The topological polar surface area (TPSA) is 43.8 Å². The minimum absolute atomic E-state index is 0.544. The second-order valence-corrected chi connectivity index (χ2v) is 4.20. The molecule has 0 saturated carbocycles. The fourth-order valence-electron chi connectivity index (χ4n) is 1.87. The molecule has 0 unspecified atom stereocenters. The first-order valence-electron chi connectivity index (χ1n) is 5.24. The van der Waals surface area contributed by atoms with Crippen molar-refractivity contribution in [2.24, 2.45) is 0 Å². The van der Waals surface area contributed by atoms with Gasteiger partial charge in [0.1, 0.15) is 0 Å². The zero-order valence-electron chi connectivity index (χ0n) is 8.97. The summed E-state index contributed by atoms with van der Waals surface area (Å²) in [5.41, 5.74) is 8.34. The van der Waals surface area contributed by atoms with Crippen LogP contribution in [0, 0.1) is 0 Å². The van der Waals surface area contributed by atoms with E-state index in [2.05, 4.69) is 5.10 Å². The maximum atomic E-state index is 6.02. The molecule has 0 aliphatic carbocycles. The predicted octanol–water partition coefficient (Wildman–Crippen LogP) is 3.26. The van der Waals surface area contributed by atoms with Crippen molar-refractivity contribution in [1.82, 2.24) is 9.78 Å². The van der Waals surface area contributed by atoms with Crippen LogP contribution in [-0.4, -0.2) is 9.78 Å². The van der Waals surface area contributed by atoms with Gasteiger partial charge in [0.25, 0.3) is 0 Å². The molecule has 17 heavy (non-hydrogen) atoms. The Morgan fingerprint density at radius 2 is 1.88 bits per heavy atom. The van der Waals surface area contributed by atoms with Crippen LogP contribution in [0.5, 0.6) is 0 Å². The van der Waals surface area contributed by atoms with E-state index < -0.39 is 0 Å². The molecule has 2 aromatic carbocycles. The molecular formula is C13H10ClN3. The molecule has 1 aromatic heterocycles. The standard InChI is InChI=1S/C13H10ClN3/c14-10-5-3-7-12(13(10)15)17-11-6-2-1-4-9(11)8-16-17/h1-8H,15H2. The first-order valence-corrected chi connectivity index (χ1v) is 5.62.